The quantitative estimate of drug-likeness (QED) is 0.756. The van der Waals surface area contributed by atoms with Crippen LogP contribution < -0.4 is 10.6 Å². The van der Waals surface area contributed by atoms with Crippen molar-refractivity contribution in [3.63, 3.8) is 0 Å². The van der Waals surface area contributed by atoms with Crippen LogP contribution in [0.25, 0.3) is 0 Å². The molecule has 1 saturated carbocycles. The number of rotatable bonds is 5. The Morgan fingerprint density at radius 2 is 2.40 bits per heavy atom. The van der Waals surface area contributed by atoms with Crippen LogP contribution in [0, 0.1) is 18.8 Å². The number of hydrogen-bond acceptors (Lipinski definition) is 4. The molecule has 4 heteroatoms. The summed E-state index contributed by atoms with van der Waals surface area (Å²) in [6.07, 6.45) is 2.95. The van der Waals surface area contributed by atoms with E-state index in [9.17, 15) is 0 Å². The molecule has 1 aliphatic rings. The van der Waals surface area contributed by atoms with E-state index in [-0.39, 0.29) is 0 Å². The van der Waals surface area contributed by atoms with Crippen LogP contribution in [-0.2, 0) is 0 Å². The third kappa shape index (κ3) is 2.92. The van der Waals surface area contributed by atoms with Crippen molar-refractivity contribution in [2.75, 3.05) is 12.4 Å². The van der Waals surface area contributed by atoms with Crippen LogP contribution in [0.1, 0.15) is 24.8 Å². The van der Waals surface area contributed by atoms with Crippen molar-refractivity contribution in [2.45, 2.75) is 32.9 Å². The summed E-state index contributed by atoms with van der Waals surface area (Å²) in [6, 6.07) is 0. The predicted molar refractivity (Wildman–Crippen MR) is 65.2 cm³/mol. The Morgan fingerprint density at radius 3 is 2.87 bits per heavy atom. The van der Waals surface area contributed by atoms with E-state index in [1.165, 1.54) is 12.8 Å². The molecule has 2 rings (SSSR count). The molecule has 1 aromatic heterocycles. The lowest BCUT2D eigenvalue weighted by molar-refractivity contribution is 0.522. The van der Waals surface area contributed by atoms with Crippen molar-refractivity contribution < 1.29 is 0 Å². The Hall–Kier alpha value is -0.610. The van der Waals surface area contributed by atoms with Gasteiger partial charge in [-0.15, -0.1) is 11.3 Å². The molecule has 0 aliphatic heterocycles. The number of aromatic nitrogens is 1. The molecule has 1 fully saturated rings. The molecule has 0 spiro atoms. The summed E-state index contributed by atoms with van der Waals surface area (Å²) in [5.74, 6) is 2.82. The first kappa shape index (κ1) is 10.9. The molecule has 0 aromatic carbocycles. The summed E-state index contributed by atoms with van der Waals surface area (Å²) >= 11 is 1.69. The molecule has 3 nitrogen and oxygen atoms in total. The standard InChI is InChI=1S/C11H19N3S/c1-7-4-9(7)5-10(12-3)14-11-6-15-8(2)13-11/h6-7,9-10,12,14H,4-5H2,1-3H3. The SMILES string of the molecule is CNC(CC1CC1C)Nc1csc(C)n1. The van der Waals surface area contributed by atoms with Crippen LogP contribution in [0.3, 0.4) is 0 Å². The lowest BCUT2D eigenvalue weighted by atomic mass is 10.2. The summed E-state index contributed by atoms with van der Waals surface area (Å²) < 4.78 is 0. The zero-order valence-corrected chi connectivity index (χ0v) is 10.4. The van der Waals surface area contributed by atoms with Crippen LogP contribution in [0.5, 0.6) is 0 Å². The van der Waals surface area contributed by atoms with E-state index in [1.54, 1.807) is 11.3 Å². The number of thiazole rings is 1. The molecular formula is C11H19N3S. The van der Waals surface area contributed by atoms with Gasteiger partial charge in [0.15, 0.2) is 0 Å². The Kier molecular flexibility index (Phi) is 3.26. The molecule has 0 radical (unpaired) electrons. The fourth-order valence-corrected chi connectivity index (χ4v) is 2.44. The van der Waals surface area contributed by atoms with Crippen LogP contribution >= 0.6 is 11.3 Å². The summed E-state index contributed by atoms with van der Waals surface area (Å²) in [5.41, 5.74) is 0. The molecular weight excluding hydrogens is 206 g/mol. The Morgan fingerprint density at radius 1 is 1.67 bits per heavy atom. The minimum Gasteiger partial charge on any atom is -0.354 e. The number of nitrogens with zero attached hydrogens (tertiary/aromatic N) is 1. The van der Waals surface area contributed by atoms with Gasteiger partial charge in [-0.05, 0) is 38.6 Å². The maximum absolute atomic E-state index is 4.41. The van der Waals surface area contributed by atoms with Crippen LogP contribution in [0.4, 0.5) is 5.82 Å². The third-order valence-electron chi connectivity index (χ3n) is 3.10. The Labute approximate surface area is 95.3 Å². The minimum atomic E-state index is 0.362. The fraction of sp³-hybridized carbons (Fsp3) is 0.727. The zero-order valence-electron chi connectivity index (χ0n) is 9.58. The summed E-state index contributed by atoms with van der Waals surface area (Å²) in [7, 11) is 2.00. The molecule has 3 unspecified atom stereocenters. The van der Waals surface area contributed by atoms with E-state index in [0.717, 1.165) is 22.7 Å². The first-order chi connectivity index (χ1) is 7.19. The summed E-state index contributed by atoms with van der Waals surface area (Å²) in [5, 5.41) is 9.93. The first-order valence-corrected chi connectivity index (χ1v) is 6.43. The molecule has 84 valence electrons. The van der Waals surface area contributed by atoms with Crippen LogP contribution in [-0.4, -0.2) is 18.2 Å². The molecule has 15 heavy (non-hydrogen) atoms. The molecule has 0 amide bonds. The lowest BCUT2D eigenvalue weighted by Gasteiger charge is -2.17. The van der Waals surface area contributed by atoms with Crippen LogP contribution in [0.2, 0.25) is 0 Å². The number of hydrogen-bond donors (Lipinski definition) is 2. The van der Waals surface area contributed by atoms with Gasteiger partial charge < -0.3 is 10.6 Å². The van der Waals surface area contributed by atoms with Crippen molar-refractivity contribution in [3.05, 3.63) is 10.4 Å². The molecule has 2 N–H and O–H groups in total. The first-order valence-electron chi connectivity index (χ1n) is 5.55. The van der Waals surface area contributed by atoms with Crippen molar-refractivity contribution >= 4 is 17.2 Å². The third-order valence-corrected chi connectivity index (χ3v) is 3.88. The second-order valence-corrected chi connectivity index (χ2v) is 5.51. The normalized spacial score (nSPS) is 26.3. The second-order valence-electron chi connectivity index (χ2n) is 4.45. The van der Waals surface area contributed by atoms with Gasteiger partial charge in [-0.3, -0.25) is 0 Å². The molecule has 0 bridgehead atoms. The van der Waals surface area contributed by atoms with E-state index in [4.69, 9.17) is 0 Å². The van der Waals surface area contributed by atoms with Crippen molar-refractivity contribution in [3.8, 4) is 0 Å². The van der Waals surface area contributed by atoms with E-state index < -0.39 is 0 Å². The Bertz CT molecular complexity index is 323. The van der Waals surface area contributed by atoms with Gasteiger partial charge in [-0.25, -0.2) is 4.98 Å². The summed E-state index contributed by atoms with van der Waals surface area (Å²) in [6.45, 7) is 4.36. The summed E-state index contributed by atoms with van der Waals surface area (Å²) in [4.78, 5) is 4.41. The van der Waals surface area contributed by atoms with Crippen molar-refractivity contribution in [1.29, 1.82) is 0 Å². The smallest absolute Gasteiger partial charge is 0.138 e. The van der Waals surface area contributed by atoms with E-state index in [1.807, 2.05) is 14.0 Å². The maximum Gasteiger partial charge on any atom is 0.138 e. The largest absolute Gasteiger partial charge is 0.354 e. The van der Waals surface area contributed by atoms with Crippen LogP contribution in [0.15, 0.2) is 5.38 Å². The Balaban J connectivity index is 1.85. The van der Waals surface area contributed by atoms with Crippen molar-refractivity contribution in [1.82, 2.24) is 10.3 Å². The van der Waals surface area contributed by atoms with Crippen molar-refractivity contribution in [2.24, 2.45) is 11.8 Å². The van der Waals surface area contributed by atoms with Gasteiger partial charge in [0, 0.05) is 5.38 Å². The highest BCUT2D eigenvalue weighted by Gasteiger charge is 2.34. The second kappa shape index (κ2) is 4.49. The maximum atomic E-state index is 4.41. The van der Waals surface area contributed by atoms with E-state index >= 15 is 0 Å². The molecule has 0 saturated heterocycles. The minimum absolute atomic E-state index is 0.362. The highest BCUT2D eigenvalue weighted by molar-refractivity contribution is 7.09. The number of aryl methyl sites for hydroxylation is 1. The topological polar surface area (TPSA) is 37.0 Å². The molecule has 1 aromatic rings. The number of nitrogens with one attached hydrogen (secondary N) is 2. The van der Waals surface area contributed by atoms with Gasteiger partial charge >= 0.3 is 0 Å². The lowest BCUT2D eigenvalue weighted by Crippen LogP contribution is -2.34. The molecule has 1 aliphatic carbocycles. The average Bonchev–Trinajstić information content (AvgIpc) is 2.72. The molecule has 3 atom stereocenters. The average molecular weight is 225 g/mol. The zero-order chi connectivity index (χ0) is 10.8. The van der Waals surface area contributed by atoms with Gasteiger partial charge in [-0.2, -0.15) is 0 Å². The monoisotopic (exact) mass is 225 g/mol. The van der Waals surface area contributed by atoms with Gasteiger partial charge in [0.1, 0.15) is 5.82 Å². The van der Waals surface area contributed by atoms with Gasteiger partial charge in [-0.1, -0.05) is 6.92 Å². The van der Waals surface area contributed by atoms with Gasteiger partial charge in [0.2, 0.25) is 0 Å². The van der Waals surface area contributed by atoms with E-state index in [2.05, 4.69) is 27.9 Å². The van der Waals surface area contributed by atoms with Gasteiger partial charge in [0.05, 0.1) is 11.2 Å². The molecule has 1 heterocycles. The predicted octanol–water partition coefficient (Wildman–Crippen LogP) is 2.46. The van der Waals surface area contributed by atoms with Gasteiger partial charge in [0.25, 0.3) is 0 Å². The van der Waals surface area contributed by atoms with E-state index in [0.29, 0.717) is 6.17 Å². The fourth-order valence-electron chi connectivity index (χ4n) is 1.89. The highest BCUT2D eigenvalue weighted by atomic mass is 32.1. The highest BCUT2D eigenvalue weighted by Crippen LogP contribution is 2.41. The number of anilines is 1.